The first-order valence-corrected chi connectivity index (χ1v) is 12.7. The lowest BCUT2D eigenvalue weighted by molar-refractivity contribution is -0.164. The van der Waals surface area contributed by atoms with Crippen LogP contribution in [-0.4, -0.2) is 64.6 Å². The number of para-hydroxylation sites is 1. The zero-order valence-corrected chi connectivity index (χ0v) is 22.3. The Bertz CT molecular complexity index is 1000. The highest BCUT2D eigenvalue weighted by molar-refractivity contribution is 7.99. The van der Waals surface area contributed by atoms with E-state index in [1.54, 1.807) is 24.3 Å². The maximum absolute atomic E-state index is 13.6. The first-order valence-electron chi connectivity index (χ1n) is 11.5. The summed E-state index contributed by atoms with van der Waals surface area (Å²) in [6, 6.07) is 16.8. The van der Waals surface area contributed by atoms with Crippen molar-refractivity contribution in [2.45, 2.75) is 50.9 Å². The summed E-state index contributed by atoms with van der Waals surface area (Å²) in [5, 5.41) is 2.93. The van der Waals surface area contributed by atoms with Crippen LogP contribution in [0.4, 0.5) is 0 Å². The van der Waals surface area contributed by atoms with E-state index >= 15 is 0 Å². The van der Waals surface area contributed by atoms with Crippen LogP contribution < -0.4 is 15.8 Å². The van der Waals surface area contributed by atoms with E-state index in [-0.39, 0.29) is 24.9 Å². The summed E-state index contributed by atoms with van der Waals surface area (Å²) in [5.41, 5.74) is 6.89. The van der Waals surface area contributed by atoms with Gasteiger partial charge in [0.2, 0.25) is 5.91 Å². The fourth-order valence-electron chi connectivity index (χ4n) is 3.64. The van der Waals surface area contributed by atoms with Crippen molar-refractivity contribution in [1.29, 1.82) is 0 Å². The number of nitrogens with one attached hydrogen (secondary N) is 1. The van der Waals surface area contributed by atoms with Crippen LogP contribution in [0, 0.1) is 0 Å². The molecule has 2 amide bonds. The summed E-state index contributed by atoms with van der Waals surface area (Å²) < 4.78 is 11.1. The lowest BCUT2D eigenvalue weighted by atomic mass is 10.0. The summed E-state index contributed by atoms with van der Waals surface area (Å²) in [4.78, 5) is 40.6. The van der Waals surface area contributed by atoms with Gasteiger partial charge in [0.05, 0.1) is 11.9 Å². The normalized spacial score (nSPS) is 16.9. The highest BCUT2D eigenvalue weighted by atomic mass is 35.5. The van der Waals surface area contributed by atoms with Gasteiger partial charge in [-0.25, -0.2) is 4.79 Å². The molecule has 0 unspecified atom stereocenters. The first-order chi connectivity index (χ1) is 16.6. The number of benzene rings is 2. The van der Waals surface area contributed by atoms with Crippen molar-refractivity contribution in [3.63, 3.8) is 0 Å². The second kappa shape index (κ2) is 13.5. The van der Waals surface area contributed by atoms with E-state index in [4.69, 9.17) is 15.2 Å². The highest BCUT2D eigenvalue weighted by Crippen LogP contribution is 2.24. The van der Waals surface area contributed by atoms with Crippen molar-refractivity contribution < 1.29 is 23.9 Å². The van der Waals surface area contributed by atoms with Crippen molar-refractivity contribution in [1.82, 2.24) is 10.2 Å². The van der Waals surface area contributed by atoms with Gasteiger partial charge in [0, 0.05) is 11.3 Å². The maximum atomic E-state index is 13.6. The molecule has 0 aromatic heterocycles. The summed E-state index contributed by atoms with van der Waals surface area (Å²) in [5.74, 6) is -0.160. The number of esters is 1. The van der Waals surface area contributed by atoms with Gasteiger partial charge < -0.3 is 25.4 Å². The van der Waals surface area contributed by atoms with Crippen LogP contribution in [0.5, 0.6) is 5.75 Å². The molecule has 1 aliphatic rings. The molecule has 36 heavy (non-hydrogen) atoms. The Balaban J connectivity index is 0.00000456. The third-order valence-corrected chi connectivity index (χ3v) is 6.28. The molecule has 3 rings (SSSR count). The molecule has 1 saturated heterocycles. The molecule has 0 radical (unpaired) electrons. The van der Waals surface area contributed by atoms with Gasteiger partial charge in [-0.05, 0) is 44.9 Å². The molecule has 2 aromatic carbocycles. The van der Waals surface area contributed by atoms with Gasteiger partial charge >= 0.3 is 5.97 Å². The van der Waals surface area contributed by atoms with E-state index < -0.39 is 35.6 Å². The molecular weight excluding hydrogens is 502 g/mol. The number of carbonyl (C=O) groups excluding carboxylic acids is 3. The summed E-state index contributed by atoms with van der Waals surface area (Å²) >= 11 is 1.47. The summed E-state index contributed by atoms with van der Waals surface area (Å²) in [7, 11) is 0. The number of rotatable bonds is 9. The van der Waals surface area contributed by atoms with Crippen LogP contribution in [-0.2, 0) is 25.5 Å². The zero-order chi connectivity index (χ0) is 25.4. The van der Waals surface area contributed by atoms with Crippen LogP contribution in [0.1, 0.15) is 26.3 Å². The third-order valence-electron chi connectivity index (χ3n) is 5.27. The van der Waals surface area contributed by atoms with Crippen molar-refractivity contribution in [2.75, 3.05) is 18.2 Å². The van der Waals surface area contributed by atoms with Crippen molar-refractivity contribution in [2.24, 2.45) is 5.73 Å². The number of carbonyl (C=O) groups is 3. The maximum Gasteiger partial charge on any atom is 0.345 e. The zero-order valence-electron chi connectivity index (χ0n) is 20.7. The molecule has 10 heteroatoms. The van der Waals surface area contributed by atoms with Gasteiger partial charge in [-0.3, -0.25) is 9.59 Å². The van der Waals surface area contributed by atoms with Crippen LogP contribution >= 0.6 is 24.2 Å². The van der Waals surface area contributed by atoms with E-state index in [0.717, 1.165) is 5.56 Å². The largest absolute Gasteiger partial charge is 0.482 e. The quantitative estimate of drug-likeness (QED) is 0.475. The average molecular weight is 536 g/mol. The lowest BCUT2D eigenvalue weighted by Gasteiger charge is -2.31. The molecule has 0 aliphatic carbocycles. The molecule has 0 bridgehead atoms. The van der Waals surface area contributed by atoms with Crippen LogP contribution in [0.2, 0.25) is 0 Å². The van der Waals surface area contributed by atoms with Gasteiger partial charge in [0.1, 0.15) is 11.8 Å². The molecule has 196 valence electrons. The number of thioether (sulfide) groups is 1. The molecule has 3 atom stereocenters. The third kappa shape index (κ3) is 8.72. The number of ether oxygens (including phenoxy) is 2. The molecular formula is C26H34ClN3O5S. The Morgan fingerprint density at radius 3 is 2.31 bits per heavy atom. The van der Waals surface area contributed by atoms with E-state index in [0.29, 0.717) is 23.8 Å². The highest BCUT2D eigenvalue weighted by Gasteiger charge is 2.42. The Labute approximate surface area is 222 Å². The van der Waals surface area contributed by atoms with Crippen molar-refractivity contribution in [3.05, 3.63) is 66.2 Å². The van der Waals surface area contributed by atoms with Gasteiger partial charge in [-0.2, -0.15) is 0 Å². The van der Waals surface area contributed by atoms with E-state index in [9.17, 15) is 14.4 Å². The summed E-state index contributed by atoms with van der Waals surface area (Å²) in [6.45, 7) is 5.28. The van der Waals surface area contributed by atoms with Crippen LogP contribution in [0.3, 0.4) is 0 Å². The second-order valence-corrected chi connectivity index (χ2v) is 10.4. The average Bonchev–Trinajstić information content (AvgIpc) is 3.31. The second-order valence-electron chi connectivity index (χ2n) is 9.43. The van der Waals surface area contributed by atoms with Gasteiger partial charge in [-0.1, -0.05) is 48.5 Å². The van der Waals surface area contributed by atoms with Crippen LogP contribution in [0.15, 0.2) is 60.7 Å². The van der Waals surface area contributed by atoms with Crippen molar-refractivity contribution >= 4 is 42.0 Å². The minimum absolute atomic E-state index is 0. The Hall–Kier alpha value is -2.75. The minimum atomic E-state index is -1.26. The van der Waals surface area contributed by atoms with Crippen LogP contribution in [0.25, 0.3) is 0 Å². The van der Waals surface area contributed by atoms with Gasteiger partial charge in [0.15, 0.2) is 12.7 Å². The molecule has 3 N–H and O–H groups in total. The van der Waals surface area contributed by atoms with Gasteiger partial charge in [0.25, 0.3) is 5.91 Å². The lowest BCUT2D eigenvalue weighted by Crippen LogP contribution is -2.57. The molecule has 1 fully saturated rings. The standard InChI is InChI=1S/C26H33N3O5S.ClH/c1-26(2,3)28-24(31)21-16-35-17-29(21)25(32)23(20(27)14-18-10-6-4-7-11-18)34-22(30)15-33-19-12-8-5-9-13-19;/h4-13,20-21,23H,14-17,27H2,1-3H3,(H,28,31);1H/t20-,21-,23-;/m0./s1. The number of nitrogens with zero attached hydrogens (tertiary/aromatic N) is 1. The molecule has 1 heterocycles. The predicted octanol–water partition coefficient (Wildman–Crippen LogP) is 2.79. The Morgan fingerprint density at radius 1 is 1.08 bits per heavy atom. The first kappa shape index (κ1) is 29.5. The SMILES string of the molecule is CC(C)(C)NC(=O)[C@@H]1CSCN1C(=O)[C@@H](OC(=O)COc1ccccc1)[C@@H](N)Cc1ccccc1.Cl. The Kier molecular flexibility index (Phi) is 11.1. The molecule has 0 spiro atoms. The summed E-state index contributed by atoms with van der Waals surface area (Å²) in [6.07, 6.45) is -0.935. The number of hydrogen-bond donors (Lipinski definition) is 2. The fourth-order valence-corrected chi connectivity index (χ4v) is 4.81. The molecule has 0 saturated carbocycles. The molecule has 1 aliphatic heterocycles. The number of amides is 2. The molecule has 8 nitrogen and oxygen atoms in total. The van der Waals surface area contributed by atoms with Gasteiger partial charge in [-0.15, -0.1) is 24.2 Å². The van der Waals surface area contributed by atoms with E-state index in [1.165, 1.54) is 16.7 Å². The number of nitrogens with two attached hydrogens (primary N) is 1. The number of halogens is 1. The minimum Gasteiger partial charge on any atom is -0.482 e. The fraction of sp³-hybridized carbons (Fsp3) is 0.423. The van der Waals surface area contributed by atoms with E-state index in [2.05, 4.69) is 5.32 Å². The Morgan fingerprint density at radius 2 is 1.69 bits per heavy atom. The predicted molar refractivity (Wildman–Crippen MR) is 143 cm³/mol. The topological polar surface area (TPSA) is 111 Å². The molecule has 2 aromatic rings. The number of hydrogen-bond acceptors (Lipinski definition) is 7. The van der Waals surface area contributed by atoms with Crippen molar-refractivity contribution in [3.8, 4) is 5.75 Å². The van der Waals surface area contributed by atoms with E-state index in [1.807, 2.05) is 57.2 Å². The monoisotopic (exact) mass is 535 g/mol. The smallest absolute Gasteiger partial charge is 0.345 e.